The molecular formula is C10H21NO3. The second-order valence-corrected chi connectivity index (χ2v) is 4.13. The van der Waals surface area contributed by atoms with Gasteiger partial charge in [0.25, 0.3) is 0 Å². The molecule has 0 aromatic heterocycles. The Kier molecular flexibility index (Phi) is 4.55. The van der Waals surface area contributed by atoms with Crippen molar-refractivity contribution in [3.63, 3.8) is 0 Å². The summed E-state index contributed by atoms with van der Waals surface area (Å²) < 4.78 is 0. The average molecular weight is 203 g/mol. The molecule has 2 atom stereocenters. The topological polar surface area (TPSA) is 60.8 Å². The van der Waals surface area contributed by atoms with Crippen molar-refractivity contribution in [3.8, 4) is 0 Å². The van der Waals surface area contributed by atoms with Gasteiger partial charge >= 0.3 is 5.97 Å². The zero-order valence-corrected chi connectivity index (χ0v) is 9.61. The van der Waals surface area contributed by atoms with Crippen LogP contribution in [0.2, 0.25) is 0 Å². The molecule has 0 aliphatic rings. The lowest BCUT2D eigenvalue weighted by Crippen LogP contribution is -2.56. The Bertz CT molecular complexity index is 202. The fourth-order valence-electron chi connectivity index (χ4n) is 1.58. The predicted molar refractivity (Wildman–Crippen MR) is 55.2 cm³/mol. The molecule has 0 aliphatic heterocycles. The van der Waals surface area contributed by atoms with Crippen LogP contribution < -0.4 is 0 Å². The van der Waals surface area contributed by atoms with Crippen LogP contribution in [0.1, 0.15) is 34.6 Å². The molecule has 14 heavy (non-hydrogen) atoms. The van der Waals surface area contributed by atoms with E-state index >= 15 is 0 Å². The van der Waals surface area contributed by atoms with E-state index in [9.17, 15) is 9.90 Å². The van der Waals surface area contributed by atoms with E-state index in [1.54, 1.807) is 25.7 Å². The molecule has 0 aliphatic carbocycles. The number of carboxylic acids is 1. The molecule has 0 amide bonds. The first-order valence-corrected chi connectivity index (χ1v) is 4.93. The van der Waals surface area contributed by atoms with Crippen LogP contribution in [0.25, 0.3) is 0 Å². The molecule has 0 spiro atoms. The van der Waals surface area contributed by atoms with E-state index in [4.69, 9.17) is 5.11 Å². The third-order valence-electron chi connectivity index (χ3n) is 2.77. The Labute approximate surface area is 85.5 Å². The molecule has 0 saturated carbocycles. The van der Waals surface area contributed by atoms with E-state index in [1.807, 2.05) is 13.8 Å². The maximum absolute atomic E-state index is 11.0. The third kappa shape index (κ3) is 2.69. The van der Waals surface area contributed by atoms with Gasteiger partial charge in [-0.05, 0) is 34.2 Å². The van der Waals surface area contributed by atoms with E-state index < -0.39 is 17.6 Å². The summed E-state index contributed by atoms with van der Waals surface area (Å²) in [5.74, 6) is -0.869. The third-order valence-corrected chi connectivity index (χ3v) is 2.77. The smallest absolute Gasteiger partial charge is 0.323 e. The first-order valence-electron chi connectivity index (χ1n) is 4.93. The van der Waals surface area contributed by atoms with Crippen LogP contribution in [0.5, 0.6) is 0 Å². The second kappa shape index (κ2) is 4.75. The van der Waals surface area contributed by atoms with Gasteiger partial charge in [-0.1, -0.05) is 6.92 Å². The first kappa shape index (κ1) is 13.4. The van der Waals surface area contributed by atoms with Crippen LogP contribution in [0, 0.1) is 0 Å². The molecule has 0 aromatic rings. The Morgan fingerprint density at radius 1 is 1.43 bits per heavy atom. The quantitative estimate of drug-likeness (QED) is 0.698. The molecule has 2 unspecified atom stereocenters. The number of hydrogen-bond acceptors (Lipinski definition) is 3. The number of nitrogens with zero attached hydrogens (tertiary/aromatic N) is 1. The molecule has 0 fully saturated rings. The van der Waals surface area contributed by atoms with Gasteiger partial charge in [-0.25, -0.2) is 0 Å². The molecular weight excluding hydrogens is 182 g/mol. The Morgan fingerprint density at radius 2 is 1.86 bits per heavy atom. The van der Waals surface area contributed by atoms with Crippen LogP contribution in [0.3, 0.4) is 0 Å². The van der Waals surface area contributed by atoms with Gasteiger partial charge in [-0.3, -0.25) is 9.69 Å². The summed E-state index contributed by atoms with van der Waals surface area (Å²) in [7, 11) is 0. The summed E-state index contributed by atoms with van der Waals surface area (Å²) in [4.78, 5) is 12.8. The van der Waals surface area contributed by atoms with Gasteiger partial charge in [0.15, 0.2) is 0 Å². The molecule has 2 N–H and O–H groups in total. The zero-order valence-electron chi connectivity index (χ0n) is 9.61. The van der Waals surface area contributed by atoms with Crippen LogP contribution in [0.15, 0.2) is 0 Å². The molecule has 0 saturated heterocycles. The highest BCUT2D eigenvalue weighted by Crippen LogP contribution is 2.19. The molecule has 84 valence electrons. The number of aliphatic hydroxyl groups is 1. The van der Waals surface area contributed by atoms with Gasteiger partial charge in [0, 0.05) is 6.04 Å². The van der Waals surface area contributed by atoms with E-state index in [-0.39, 0.29) is 6.04 Å². The molecule has 0 radical (unpaired) electrons. The number of aliphatic hydroxyl groups excluding tert-OH is 1. The Morgan fingerprint density at radius 3 is 2.07 bits per heavy atom. The minimum absolute atomic E-state index is 0.161. The van der Waals surface area contributed by atoms with Crippen LogP contribution in [-0.4, -0.2) is 45.3 Å². The van der Waals surface area contributed by atoms with Crippen molar-refractivity contribution in [3.05, 3.63) is 0 Å². The van der Waals surface area contributed by atoms with Crippen molar-refractivity contribution < 1.29 is 15.0 Å². The van der Waals surface area contributed by atoms with Gasteiger partial charge in [0.05, 0.1) is 6.10 Å². The Balaban J connectivity index is 4.79. The van der Waals surface area contributed by atoms with Crippen molar-refractivity contribution in [2.24, 2.45) is 0 Å². The minimum atomic E-state index is -0.939. The molecule has 0 rings (SSSR count). The molecule has 0 bridgehead atoms. The summed E-state index contributed by atoms with van der Waals surface area (Å²) in [5, 5.41) is 18.5. The highest BCUT2D eigenvalue weighted by atomic mass is 16.4. The number of aliphatic carboxylic acids is 1. The molecule has 4 heteroatoms. The van der Waals surface area contributed by atoms with Gasteiger partial charge in [-0.15, -0.1) is 0 Å². The number of rotatable bonds is 5. The highest BCUT2D eigenvalue weighted by Gasteiger charge is 2.37. The van der Waals surface area contributed by atoms with Gasteiger partial charge in [0.2, 0.25) is 0 Å². The van der Waals surface area contributed by atoms with Crippen molar-refractivity contribution in [2.75, 3.05) is 6.54 Å². The molecule has 4 nitrogen and oxygen atoms in total. The van der Waals surface area contributed by atoms with E-state index in [1.165, 1.54) is 0 Å². The van der Waals surface area contributed by atoms with E-state index in [0.717, 1.165) is 0 Å². The number of carbonyl (C=O) groups is 1. The fourth-order valence-corrected chi connectivity index (χ4v) is 1.58. The highest BCUT2D eigenvalue weighted by molar-refractivity contribution is 5.77. The predicted octanol–water partition coefficient (Wildman–Crippen LogP) is 0.941. The summed E-state index contributed by atoms with van der Waals surface area (Å²) in [5.41, 5.74) is -0.939. The maximum atomic E-state index is 11.0. The lowest BCUT2D eigenvalue weighted by molar-refractivity contribution is -0.152. The van der Waals surface area contributed by atoms with Crippen molar-refractivity contribution in [1.29, 1.82) is 0 Å². The van der Waals surface area contributed by atoms with Crippen molar-refractivity contribution in [2.45, 2.75) is 52.3 Å². The normalized spacial score (nSPS) is 16.8. The summed E-state index contributed by atoms with van der Waals surface area (Å²) in [6, 6.07) is -0.161. The van der Waals surface area contributed by atoms with Crippen molar-refractivity contribution >= 4 is 5.97 Å². The molecule has 0 heterocycles. The average Bonchev–Trinajstić information content (AvgIpc) is 2.04. The maximum Gasteiger partial charge on any atom is 0.323 e. The lowest BCUT2D eigenvalue weighted by Gasteiger charge is -2.40. The van der Waals surface area contributed by atoms with Crippen molar-refractivity contribution in [1.82, 2.24) is 4.90 Å². The van der Waals surface area contributed by atoms with Gasteiger partial charge < -0.3 is 10.2 Å². The summed E-state index contributed by atoms with van der Waals surface area (Å²) >= 11 is 0. The SMILES string of the molecule is CCN(C(C)C(C)O)C(C)(C)C(=O)O. The van der Waals surface area contributed by atoms with E-state index in [0.29, 0.717) is 6.54 Å². The largest absolute Gasteiger partial charge is 0.480 e. The summed E-state index contributed by atoms with van der Waals surface area (Å²) in [6.07, 6.45) is -0.534. The minimum Gasteiger partial charge on any atom is -0.480 e. The molecule has 0 aromatic carbocycles. The number of likely N-dealkylation sites (N-methyl/N-ethyl adjacent to an activating group) is 1. The zero-order chi connectivity index (χ0) is 11.5. The number of carboxylic acid groups (broad SMARTS) is 1. The monoisotopic (exact) mass is 203 g/mol. The van der Waals surface area contributed by atoms with Gasteiger partial charge in [-0.2, -0.15) is 0 Å². The fraction of sp³-hybridized carbons (Fsp3) is 0.900. The second-order valence-electron chi connectivity index (χ2n) is 4.13. The lowest BCUT2D eigenvalue weighted by atomic mass is 9.99. The van der Waals surface area contributed by atoms with Crippen LogP contribution >= 0.6 is 0 Å². The van der Waals surface area contributed by atoms with Crippen LogP contribution in [-0.2, 0) is 4.79 Å². The van der Waals surface area contributed by atoms with Gasteiger partial charge in [0.1, 0.15) is 5.54 Å². The standard InChI is InChI=1S/C10H21NO3/c1-6-11(7(2)8(3)12)10(4,5)9(13)14/h7-8,12H,6H2,1-5H3,(H,13,14). The number of hydrogen-bond donors (Lipinski definition) is 2. The first-order chi connectivity index (χ1) is 6.25. The summed E-state index contributed by atoms with van der Waals surface area (Å²) in [6.45, 7) is 9.30. The van der Waals surface area contributed by atoms with E-state index in [2.05, 4.69) is 0 Å². The Hall–Kier alpha value is -0.610. The van der Waals surface area contributed by atoms with Crippen LogP contribution in [0.4, 0.5) is 0 Å².